The lowest BCUT2D eigenvalue weighted by Crippen LogP contribution is -2.16. The molecule has 0 unspecified atom stereocenters. The first-order valence-electron chi connectivity index (χ1n) is 6.06. The van der Waals surface area contributed by atoms with Crippen molar-refractivity contribution in [1.82, 2.24) is 15.0 Å². The van der Waals surface area contributed by atoms with Gasteiger partial charge in [-0.2, -0.15) is 0 Å². The molecule has 0 amide bonds. The number of aromatic nitrogens is 3. The molecule has 0 aliphatic carbocycles. The summed E-state index contributed by atoms with van der Waals surface area (Å²) in [7, 11) is 0. The fraction of sp³-hybridized carbons (Fsp3) is 0.0714. The minimum atomic E-state index is -4.71. The Bertz CT molecular complexity index is 827. The quantitative estimate of drug-likeness (QED) is 0.721. The average molecular weight is 323 g/mol. The van der Waals surface area contributed by atoms with Crippen LogP contribution >= 0.6 is 11.3 Å². The van der Waals surface area contributed by atoms with Crippen molar-refractivity contribution in [2.45, 2.75) is 6.36 Å². The second kappa shape index (κ2) is 5.38. The van der Waals surface area contributed by atoms with E-state index >= 15 is 0 Å². The van der Waals surface area contributed by atoms with Gasteiger partial charge in [0.15, 0.2) is 5.82 Å². The van der Waals surface area contributed by atoms with Gasteiger partial charge >= 0.3 is 6.36 Å². The van der Waals surface area contributed by atoms with Gasteiger partial charge in [0.05, 0.1) is 5.51 Å². The van der Waals surface area contributed by atoms with Crippen LogP contribution in [0.1, 0.15) is 5.82 Å². The SMILES string of the molecule is C=Cc1nc(-c2ccc(OC(F)(F)F)cc2)c2ncsc2n1. The first kappa shape index (κ1) is 14.5. The van der Waals surface area contributed by atoms with E-state index in [4.69, 9.17) is 0 Å². The molecule has 0 bridgehead atoms. The number of thiazole rings is 1. The van der Waals surface area contributed by atoms with E-state index in [0.717, 1.165) is 0 Å². The summed E-state index contributed by atoms with van der Waals surface area (Å²) in [6.07, 6.45) is -3.21. The van der Waals surface area contributed by atoms with Crippen LogP contribution in [0.2, 0.25) is 0 Å². The lowest BCUT2D eigenvalue weighted by molar-refractivity contribution is -0.274. The topological polar surface area (TPSA) is 47.9 Å². The second-order valence-corrected chi connectivity index (χ2v) is 5.05. The molecule has 0 aliphatic rings. The zero-order valence-corrected chi connectivity index (χ0v) is 11.8. The van der Waals surface area contributed by atoms with E-state index in [0.29, 0.717) is 27.4 Å². The number of rotatable bonds is 3. The Kier molecular flexibility index (Phi) is 3.53. The Morgan fingerprint density at radius 3 is 2.50 bits per heavy atom. The molecule has 0 fully saturated rings. The van der Waals surface area contributed by atoms with Crippen LogP contribution in [-0.2, 0) is 0 Å². The Balaban J connectivity index is 2.04. The van der Waals surface area contributed by atoms with Gasteiger partial charge in [-0.1, -0.05) is 6.58 Å². The van der Waals surface area contributed by atoms with Crippen molar-refractivity contribution < 1.29 is 17.9 Å². The summed E-state index contributed by atoms with van der Waals surface area (Å²) in [6, 6.07) is 5.46. The van der Waals surface area contributed by atoms with Crippen LogP contribution in [0.25, 0.3) is 27.7 Å². The lowest BCUT2D eigenvalue weighted by Gasteiger charge is -2.09. The maximum absolute atomic E-state index is 12.2. The summed E-state index contributed by atoms with van der Waals surface area (Å²) in [4.78, 5) is 13.5. The van der Waals surface area contributed by atoms with Crippen LogP contribution in [0, 0.1) is 0 Å². The molecule has 0 N–H and O–H groups in total. The van der Waals surface area contributed by atoms with E-state index in [1.165, 1.54) is 41.7 Å². The highest BCUT2D eigenvalue weighted by molar-refractivity contribution is 7.16. The van der Waals surface area contributed by atoms with Gasteiger partial charge in [0.25, 0.3) is 0 Å². The first-order chi connectivity index (χ1) is 10.5. The molecule has 22 heavy (non-hydrogen) atoms. The van der Waals surface area contributed by atoms with Crippen LogP contribution in [0.15, 0.2) is 36.4 Å². The number of nitrogens with zero attached hydrogens (tertiary/aromatic N) is 3. The van der Waals surface area contributed by atoms with E-state index in [-0.39, 0.29) is 5.75 Å². The normalized spacial score (nSPS) is 11.6. The van der Waals surface area contributed by atoms with Crippen molar-refractivity contribution in [3.05, 3.63) is 42.2 Å². The highest BCUT2D eigenvalue weighted by Gasteiger charge is 2.31. The highest BCUT2D eigenvalue weighted by Crippen LogP contribution is 2.30. The Hall–Kier alpha value is -2.48. The van der Waals surface area contributed by atoms with Crippen LogP contribution < -0.4 is 4.74 Å². The van der Waals surface area contributed by atoms with Gasteiger partial charge in [-0.05, 0) is 30.3 Å². The predicted octanol–water partition coefficient (Wildman–Crippen LogP) is 4.29. The number of hydrogen-bond acceptors (Lipinski definition) is 5. The molecule has 0 spiro atoms. The van der Waals surface area contributed by atoms with Crippen molar-refractivity contribution >= 4 is 27.8 Å². The van der Waals surface area contributed by atoms with E-state index in [2.05, 4.69) is 26.3 Å². The molecule has 8 heteroatoms. The number of halogens is 3. The Labute approximate surface area is 126 Å². The van der Waals surface area contributed by atoms with Gasteiger partial charge in [0.1, 0.15) is 21.8 Å². The molecular weight excluding hydrogens is 315 g/mol. The monoisotopic (exact) mass is 323 g/mol. The van der Waals surface area contributed by atoms with Gasteiger partial charge in [0.2, 0.25) is 0 Å². The van der Waals surface area contributed by atoms with E-state index in [1.807, 2.05) is 0 Å². The molecule has 3 rings (SSSR count). The van der Waals surface area contributed by atoms with Gasteiger partial charge in [-0.25, -0.2) is 15.0 Å². The second-order valence-electron chi connectivity index (χ2n) is 4.21. The molecule has 2 aromatic heterocycles. The zero-order chi connectivity index (χ0) is 15.7. The van der Waals surface area contributed by atoms with Gasteiger partial charge in [-0.3, -0.25) is 0 Å². The van der Waals surface area contributed by atoms with E-state index in [9.17, 15) is 13.2 Å². The first-order valence-corrected chi connectivity index (χ1v) is 6.94. The molecule has 0 saturated carbocycles. The lowest BCUT2D eigenvalue weighted by atomic mass is 10.1. The zero-order valence-electron chi connectivity index (χ0n) is 11.0. The number of ether oxygens (including phenoxy) is 1. The third kappa shape index (κ3) is 2.91. The van der Waals surface area contributed by atoms with E-state index < -0.39 is 6.36 Å². The minimum absolute atomic E-state index is 0.288. The van der Waals surface area contributed by atoms with Crippen molar-refractivity contribution in [3.63, 3.8) is 0 Å². The fourth-order valence-corrected chi connectivity index (χ4v) is 2.55. The van der Waals surface area contributed by atoms with Crippen LogP contribution in [0.5, 0.6) is 5.75 Å². The molecule has 2 heterocycles. The molecule has 112 valence electrons. The summed E-state index contributed by atoms with van der Waals surface area (Å²) < 4.78 is 40.4. The van der Waals surface area contributed by atoms with Gasteiger partial charge < -0.3 is 4.74 Å². The number of alkyl halides is 3. The van der Waals surface area contributed by atoms with Crippen LogP contribution in [0.3, 0.4) is 0 Å². The molecule has 1 aromatic carbocycles. The average Bonchev–Trinajstić information content (AvgIpc) is 2.93. The van der Waals surface area contributed by atoms with Crippen LogP contribution in [0.4, 0.5) is 13.2 Å². The third-order valence-corrected chi connectivity index (χ3v) is 3.48. The Morgan fingerprint density at radius 1 is 1.14 bits per heavy atom. The number of fused-ring (bicyclic) bond motifs is 1. The van der Waals surface area contributed by atoms with Gasteiger partial charge in [0, 0.05) is 5.56 Å². The molecule has 0 saturated heterocycles. The largest absolute Gasteiger partial charge is 0.573 e. The third-order valence-electron chi connectivity index (χ3n) is 2.76. The van der Waals surface area contributed by atoms with Crippen molar-refractivity contribution in [1.29, 1.82) is 0 Å². The highest BCUT2D eigenvalue weighted by atomic mass is 32.1. The standard InChI is InChI=1S/C14H8F3N3OS/c1-2-10-19-11(12-13(20-10)22-7-18-12)8-3-5-9(6-4-8)21-14(15,16)17/h2-7H,1H2. The van der Waals surface area contributed by atoms with Crippen molar-refractivity contribution in [2.24, 2.45) is 0 Å². The fourth-order valence-electron chi connectivity index (χ4n) is 1.89. The minimum Gasteiger partial charge on any atom is -0.406 e. The summed E-state index contributed by atoms with van der Waals surface area (Å²) in [6.45, 7) is 3.63. The molecule has 4 nitrogen and oxygen atoms in total. The summed E-state index contributed by atoms with van der Waals surface area (Å²) >= 11 is 1.35. The van der Waals surface area contributed by atoms with Crippen molar-refractivity contribution in [2.75, 3.05) is 0 Å². The van der Waals surface area contributed by atoms with Crippen LogP contribution in [-0.4, -0.2) is 21.3 Å². The summed E-state index contributed by atoms with van der Waals surface area (Å²) in [5.74, 6) is 0.145. The maximum Gasteiger partial charge on any atom is 0.573 e. The van der Waals surface area contributed by atoms with Gasteiger partial charge in [-0.15, -0.1) is 24.5 Å². The molecule has 0 aliphatic heterocycles. The number of hydrogen-bond donors (Lipinski definition) is 0. The number of benzene rings is 1. The van der Waals surface area contributed by atoms with Crippen molar-refractivity contribution in [3.8, 4) is 17.0 Å². The molecular formula is C14H8F3N3OS. The summed E-state index contributed by atoms with van der Waals surface area (Å²) in [5.41, 5.74) is 3.40. The predicted molar refractivity (Wildman–Crippen MR) is 77.4 cm³/mol. The van der Waals surface area contributed by atoms with E-state index in [1.54, 1.807) is 5.51 Å². The maximum atomic E-state index is 12.2. The molecule has 3 aromatic rings. The molecule has 0 atom stereocenters. The smallest absolute Gasteiger partial charge is 0.406 e. The summed E-state index contributed by atoms with van der Waals surface area (Å²) in [5, 5.41) is 0. The molecule has 0 radical (unpaired) electrons. The Morgan fingerprint density at radius 2 is 1.86 bits per heavy atom.